The molecule has 5 nitrogen and oxygen atoms in total. The van der Waals surface area contributed by atoms with E-state index in [0.717, 1.165) is 11.1 Å². The summed E-state index contributed by atoms with van der Waals surface area (Å²) in [5.74, 6) is -0.860. The van der Waals surface area contributed by atoms with E-state index in [1.54, 1.807) is 6.07 Å². The van der Waals surface area contributed by atoms with E-state index in [9.17, 15) is 14.4 Å². The molecule has 7 heteroatoms. The Balaban J connectivity index is 1.72. The molecule has 3 rings (SSSR count). The highest BCUT2D eigenvalue weighted by Gasteiger charge is 2.20. The summed E-state index contributed by atoms with van der Waals surface area (Å²) in [4.78, 5) is 16.6. The molecule has 28 heavy (non-hydrogen) atoms. The Morgan fingerprint density at radius 1 is 1.32 bits per heavy atom. The van der Waals surface area contributed by atoms with Gasteiger partial charge in [-0.3, -0.25) is 4.79 Å². The van der Waals surface area contributed by atoms with Crippen LogP contribution >= 0.6 is 11.6 Å². The van der Waals surface area contributed by atoms with E-state index in [1.807, 2.05) is 45.0 Å². The Morgan fingerprint density at radius 3 is 2.64 bits per heavy atom. The van der Waals surface area contributed by atoms with Crippen molar-refractivity contribution < 1.29 is 9.18 Å². The van der Waals surface area contributed by atoms with Gasteiger partial charge in [0.15, 0.2) is 5.82 Å². The van der Waals surface area contributed by atoms with Gasteiger partial charge in [0.25, 0.3) is 0 Å². The maximum Gasteiger partial charge on any atom is 0.240 e. The van der Waals surface area contributed by atoms with Crippen molar-refractivity contribution in [3.63, 3.8) is 0 Å². The first kappa shape index (κ1) is 19.8. The molecule has 3 aromatic rings. The van der Waals surface area contributed by atoms with E-state index in [0.29, 0.717) is 5.52 Å². The first-order valence-corrected chi connectivity index (χ1v) is 9.20. The number of nitrogens with zero attached hydrogens (tertiary/aromatic N) is 3. The highest BCUT2D eigenvalue weighted by molar-refractivity contribution is 6.31. The van der Waals surface area contributed by atoms with Crippen molar-refractivity contribution in [2.24, 2.45) is 0 Å². The summed E-state index contributed by atoms with van der Waals surface area (Å²) >= 11 is 5.84. The number of rotatable bonds is 5. The minimum Gasteiger partial charge on any atom is -0.348 e. The zero-order chi connectivity index (χ0) is 20.5. The third kappa shape index (κ3) is 3.85. The maximum atomic E-state index is 14.3. The van der Waals surface area contributed by atoms with Crippen molar-refractivity contribution >= 4 is 28.5 Å². The Labute approximate surface area is 167 Å². The molecule has 0 aliphatic heterocycles. The zero-order valence-corrected chi connectivity index (χ0v) is 16.6. The summed E-state index contributed by atoms with van der Waals surface area (Å²) in [5.41, 5.74) is 1.90. The Kier molecular flexibility index (Phi) is 5.39. The smallest absolute Gasteiger partial charge is 0.240 e. The highest BCUT2D eigenvalue weighted by atomic mass is 35.5. The molecule has 0 saturated carbocycles. The summed E-state index contributed by atoms with van der Waals surface area (Å²) in [6.07, 6.45) is 1.42. The fourth-order valence-electron chi connectivity index (χ4n) is 2.99. The molecule has 0 aliphatic carbocycles. The largest absolute Gasteiger partial charge is 0.348 e. The molecule has 0 bridgehead atoms. The number of aromatic nitrogens is 2. The number of nitriles is 1. The second-order valence-electron chi connectivity index (χ2n) is 7.25. The Hall–Kier alpha value is -2.91. The lowest BCUT2D eigenvalue weighted by Gasteiger charge is -2.19. The molecule has 0 aliphatic rings. The second-order valence-corrected chi connectivity index (χ2v) is 7.66. The third-order valence-electron chi connectivity index (χ3n) is 4.77. The van der Waals surface area contributed by atoms with Crippen LogP contribution in [0.1, 0.15) is 37.9 Å². The molecule has 2 aromatic carbocycles. The van der Waals surface area contributed by atoms with Crippen molar-refractivity contribution in [2.75, 3.05) is 0 Å². The van der Waals surface area contributed by atoms with Crippen LogP contribution in [0.25, 0.3) is 11.0 Å². The number of carbonyl (C=O) groups excluding carboxylic acids is 1. The molecule has 1 N–H and O–H groups in total. The van der Waals surface area contributed by atoms with Crippen molar-refractivity contribution in [2.45, 2.75) is 38.8 Å². The Bertz CT molecular complexity index is 1070. The van der Waals surface area contributed by atoms with E-state index >= 15 is 0 Å². The number of imidazole rings is 1. The van der Waals surface area contributed by atoms with Crippen LogP contribution in [0.3, 0.4) is 0 Å². The predicted octanol–water partition coefficient (Wildman–Crippen LogP) is 4.51. The predicted molar refractivity (Wildman–Crippen MR) is 106 cm³/mol. The van der Waals surface area contributed by atoms with Crippen LogP contribution < -0.4 is 5.32 Å². The molecule has 1 heterocycles. The SMILES string of the molecule is CC(NC(=O)Cn1cnc2ccc(Cl)c(F)c21)c1ccc(C(C)(C)C#N)cc1. The van der Waals surface area contributed by atoms with Crippen LogP contribution in [0.5, 0.6) is 0 Å². The number of hydrogen-bond acceptors (Lipinski definition) is 3. The summed E-state index contributed by atoms with van der Waals surface area (Å²) < 4.78 is 15.7. The molecule has 144 valence electrons. The molecule has 0 radical (unpaired) electrons. The molecule has 0 fully saturated rings. The molecule has 0 saturated heterocycles. The first-order valence-electron chi connectivity index (χ1n) is 8.83. The van der Waals surface area contributed by atoms with Crippen LogP contribution in [0.2, 0.25) is 5.02 Å². The minimum atomic E-state index is -0.590. The van der Waals surface area contributed by atoms with Crippen molar-refractivity contribution in [1.29, 1.82) is 5.26 Å². The molecule has 1 aromatic heterocycles. The van der Waals surface area contributed by atoms with Gasteiger partial charge < -0.3 is 9.88 Å². The van der Waals surface area contributed by atoms with E-state index in [4.69, 9.17) is 11.6 Å². The number of carbonyl (C=O) groups is 1. The highest BCUT2D eigenvalue weighted by Crippen LogP contribution is 2.25. The maximum absolute atomic E-state index is 14.3. The lowest BCUT2D eigenvalue weighted by atomic mass is 9.85. The average Bonchev–Trinajstić information content (AvgIpc) is 3.08. The van der Waals surface area contributed by atoms with Crippen LogP contribution in [-0.2, 0) is 16.8 Å². The van der Waals surface area contributed by atoms with Crippen LogP contribution in [-0.4, -0.2) is 15.5 Å². The lowest BCUT2D eigenvalue weighted by molar-refractivity contribution is -0.122. The van der Waals surface area contributed by atoms with Crippen LogP contribution in [0, 0.1) is 17.1 Å². The molecule has 0 spiro atoms. The first-order chi connectivity index (χ1) is 13.2. The average molecular weight is 399 g/mol. The summed E-state index contributed by atoms with van der Waals surface area (Å²) in [6, 6.07) is 12.7. The number of nitrogens with one attached hydrogen (secondary N) is 1. The topological polar surface area (TPSA) is 70.7 Å². The van der Waals surface area contributed by atoms with E-state index in [2.05, 4.69) is 16.4 Å². The minimum absolute atomic E-state index is 0.0107. The number of benzene rings is 2. The normalized spacial score (nSPS) is 12.6. The van der Waals surface area contributed by atoms with Gasteiger partial charge in [-0.1, -0.05) is 35.9 Å². The summed E-state index contributed by atoms with van der Waals surface area (Å²) in [6.45, 7) is 5.51. The molecule has 1 atom stereocenters. The fraction of sp³-hybridized carbons (Fsp3) is 0.286. The summed E-state index contributed by atoms with van der Waals surface area (Å²) in [5, 5.41) is 12.1. The van der Waals surface area contributed by atoms with E-state index in [-0.39, 0.29) is 29.0 Å². The lowest BCUT2D eigenvalue weighted by Crippen LogP contribution is -2.30. The van der Waals surface area contributed by atoms with Crippen LogP contribution in [0.15, 0.2) is 42.7 Å². The van der Waals surface area contributed by atoms with Gasteiger partial charge in [-0.2, -0.15) is 5.26 Å². The van der Waals surface area contributed by atoms with Gasteiger partial charge in [-0.25, -0.2) is 9.37 Å². The van der Waals surface area contributed by atoms with Gasteiger partial charge in [0.1, 0.15) is 12.1 Å². The number of fused-ring (bicyclic) bond motifs is 1. The Morgan fingerprint density at radius 2 is 2.00 bits per heavy atom. The quantitative estimate of drug-likeness (QED) is 0.687. The van der Waals surface area contributed by atoms with Gasteiger partial charge in [-0.05, 0) is 44.0 Å². The van der Waals surface area contributed by atoms with Crippen molar-refractivity contribution in [3.05, 3.63) is 64.7 Å². The molecular weight excluding hydrogens is 379 g/mol. The standard InChI is InChI=1S/C21H20ClFN4O/c1-13(14-4-6-15(7-5-14)21(2,3)11-24)26-18(28)10-27-12-25-17-9-8-16(22)19(23)20(17)27/h4-9,12-13H,10H2,1-3H3,(H,26,28). The summed E-state index contributed by atoms with van der Waals surface area (Å²) in [7, 11) is 0. The van der Waals surface area contributed by atoms with Crippen LogP contribution in [0.4, 0.5) is 4.39 Å². The number of halogens is 2. The molecular formula is C21H20ClFN4O. The van der Waals surface area contributed by atoms with E-state index < -0.39 is 11.2 Å². The van der Waals surface area contributed by atoms with E-state index in [1.165, 1.54) is 17.0 Å². The van der Waals surface area contributed by atoms with Gasteiger partial charge in [0.2, 0.25) is 5.91 Å². The number of hydrogen-bond donors (Lipinski definition) is 1. The van der Waals surface area contributed by atoms with Crippen molar-refractivity contribution in [1.82, 2.24) is 14.9 Å². The number of amides is 1. The molecule has 1 unspecified atom stereocenters. The molecule has 1 amide bonds. The van der Waals surface area contributed by atoms with Gasteiger partial charge in [-0.15, -0.1) is 0 Å². The van der Waals surface area contributed by atoms with Gasteiger partial charge in [0, 0.05) is 0 Å². The van der Waals surface area contributed by atoms with Crippen molar-refractivity contribution in [3.8, 4) is 6.07 Å². The second kappa shape index (κ2) is 7.61. The fourth-order valence-corrected chi connectivity index (χ4v) is 3.15. The third-order valence-corrected chi connectivity index (χ3v) is 5.07. The zero-order valence-electron chi connectivity index (χ0n) is 15.8. The monoisotopic (exact) mass is 398 g/mol. The van der Waals surface area contributed by atoms with Gasteiger partial charge in [0.05, 0.1) is 34.4 Å². The van der Waals surface area contributed by atoms with Gasteiger partial charge >= 0.3 is 0 Å².